The van der Waals surface area contributed by atoms with Gasteiger partial charge in [-0.05, 0) is 46.0 Å². The van der Waals surface area contributed by atoms with Crippen LogP contribution in [0, 0.1) is 5.92 Å². The number of unbranched alkanes of at least 4 members (excludes halogenated alkanes) is 13. The van der Waals surface area contributed by atoms with Gasteiger partial charge in [0.1, 0.15) is 19.3 Å². The van der Waals surface area contributed by atoms with Crippen molar-refractivity contribution >= 4 is 47.1 Å². The van der Waals surface area contributed by atoms with Gasteiger partial charge in [0.25, 0.3) is 0 Å². The number of nitrogens with two attached hydrogens (primary N) is 1. The fraction of sp³-hybridized carbons (Fsp3) is 0.784. The van der Waals surface area contributed by atoms with E-state index >= 15 is 0 Å². The first-order chi connectivity index (χ1) is 34.5. The van der Waals surface area contributed by atoms with Crippen LogP contribution in [-0.4, -0.2) is 151 Å². The van der Waals surface area contributed by atoms with Gasteiger partial charge in [0.15, 0.2) is 11.6 Å². The zero-order valence-electron chi connectivity index (χ0n) is 43.5. The van der Waals surface area contributed by atoms with Crippen LogP contribution in [0.3, 0.4) is 0 Å². The first-order valence-electron chi connectivity index (χ1n) is 26.2. The average Bonchev–Trinajstić information content (AvgIpc) is 3.85. The van der Waals surface area contributed by atoms with E-state index in [0.29, 0.717) is 44.5 Å². The van der Waals surface area contributed by atoms with E-state index in [2.05, 4.69) is 38.2 Å². The van der Waals surface area contributed by atoms with Crippen LogP contribution >= 0.6 is 0 Å². The number of aliphatic carboxylic acids is 2. The molecule has 0 fully saturated rings. The molecule has 0 spiro atoms. The largest absolute Gasteiger partial charge is 0.481 e. The molecule has 0 aliphatic rings. The number of H-pyrrole nitrogens is 1. The second kappa shape index (κ2) is 41.6. The normalized spacial score (nSPS) is 12.7. The van der Waals surface area contributed by atoms with Crippen molar-refractivity contribution in [3.63, 3.8) is 0 Å². The molecule has 0 aliphatic heterocycles. The first-order valence-corrected chi connectivity index (χ1v) is 26.2. The maximum Gasteiger partial charge on any atom is 0.326 e. The summed E-state index contributed by atoms with van der Waals surface area (Å²) in [4.78, 5) is 105. The molecule has 0 aromatic carbocycles. The molecule has 0 bridgehead atoms. The van der Waals surface area contributed by atoms with Crippen LogP contribution in [0.25, 0.3) is 0 Å². The number of nitrogens with one attached hydrogen (secondary N) is 5. The molecule has 9 N–H and O–H groups in total. The maximum absolute atomic E-state index is 13.0. The Morgan fingerprint density at radius 3 is 1.85 bits per heavy atom. The highest BCUT2D eigenvalue weighted by atomic mass is 16.5. The standard InChI is InChI=1S/C51H89N7O14/c1-4-5-6-7-8-9-10-11-12-13-14-15-16-22-46(62)57-43(50(67)68)23-24-45(61)55-26-28-70-30-31-71-36-41(59)21-19-27-69-29-32-72-37-47(63)54-25-18-17-20-39(49(65)66)33-44(60)51(2,3)58-48(64)42(52)34-40-35-53-38-56-40/h35,38-39,42-43H,4-34,36-37,52H2,1-3H3,(H,53,56)(H,54,63)(H,55,61)(H,57,62)(H,58,64)(H,65,66)(H,67,68)/t39-,42+,43+/m1/s1. The number of hydrogen-bond donors (Lipinski definition) is 8. The van der Waals surface area contributed by atoms with E-state index in [9.17, 15) is 48.6 Å². The fourth-order valence-corrected chi connectivity index (χ4v) is 7.47. The third kappa shape index (κ3) is 35.3. The molecule has 21 heteroatoms. The number of Topliss-reactive ketones (excluding diaryl/α,β-unsaturated/α-hetero) is 2. The lowest BCUT2D eigenvalue weighted by molar-refractivity contribution is -0.145. The van der Waals surface area contributed by atoms with Crippen LogP contribution in [-0.2, 0) is 63.7 Å². The molecule has 1 aromatic rings. The molecule has 21 nitrogen and oxygen atoms in total. The number of carbonyl (C=O) groups is 8. The summed E-state index contributed by atoms with van der Waals surface area (Å²) in [7, 11) is 0. The molecule has 0 unspecified atom stereocenters. The Morgan fingerprint density at radius 1 is 0.639 bits per heavy atom. The van der Waals surface area contributed by atoms with E-state index in [0.717, 1.165) is 19.3 Å². The Labute approximate surface area is 426 Å². The fourth-order valence-electron chi connectivity index (χ4n) is 7.47. The predicted molar refractivity (Wildman–Crippen MR) is 270 cm³/mol. The number of carboxylic acid groups (broad SMARTS) is 2. The number of ether oxygens (including phenoxy) is 4. The zero-order valence-corrected chi connectivity index (χ0v) is 43.5. The molecule has 1 rings (SSSR count). The van der Waals surface area contributed by atoms with Crippen molar-refractivity contribution in [1.82, 2.24) is 31.2 Å². The van der Waals surface area contributed by atoms with Gasteiger partial charge in [-0.25, -0.2) is 9.78 Å². The first kappa shape index (κ1) is 65.2. The number of rotatable bonds is 49. The number of ketones is 2. The number of aromatic nitrogens is 2. The summed E-state index contributed by atoms with van der Waals surface area (Å²) in [5, 5.41) is 29.8. The quantitative estimate of drug-likeness (QED) is 0.0417. The van der Waals surface area contributed by atoms with E-state index in [1.54, 1.807) is 6.20 Å². The Kier molecular flexibility index (Phi) is 37.7. The van der Waals surface area contributed by atoms with Crippen molar-refractivity contribution in [2.24, 2.45) is 11.7 Å². The van der Waals surface area contributed by atoms with E-state index in [1.165, 1.54) is 78.0 Å². The van der Waals surface area contributed by atoms with Crippen LogP contribution in [0.5, 0.6) is 0 Å². The number of amides is 4. The van der Waals surface area contributed by atoms with Crippen LogP contribution in [0.4, 0.5) is 0 Å². The lowest BCUT2D eigenvalue weighted by Crippen LogP contribution is -2.55. The van der Waals surface area contributed by atoms with Crippen molar-refractivity contribution in [2.45, 2.75) is 186 Å². The maximum atomic E-state index is 13.0. The second-order valence-electron chi connectivity index (χ2n) is 18.8. The lowest BCUT2D eigenvalue weighted by Gasteiger charge is -2.27. The van der Waals surface area contributed by atoms with Gasteiger partial charge in [0.2, 0.25) is 23.6 Å². The third-order valence-electron chi connectivity index (χ3n) is 11.9. The Morgan fingerprint density at radius 2 is 1.24 bits per heavy atom. The molecule has 72 heavy (non-hydrogen) atoms. The van der Waals surface area contributed by atoms with Gasteiger partial charge in [-0.1, -0.05) is 90.4 Å². The summed E-state index contributed by atoms with van der Waals surface area (Å²) in [6.07, 6.45) is 20.5. The van der Waals surface area contributed by atoms with E-state index in [4.69, 9.17) is 24.7 Å². The number of nitrogens with zero attached hydrogens (tertiary/aromatic N) is 1. The highest BCUT2D eigenvalue weighted by Gasteiger charge is 2.34. The van der Waals surface area contributed by atoms with Gasteiger partial charge < -0.3 is 61.1 Å². The van der Waals surface area contributed by atoms with Gasteiger partial charge in [-0.15, -0.1) is 0 Å². The molecule has 0 aliphatic carbocycles. The monoisotopic (exact) mass is 1020 g/mol. The second-order valence-corrected chi connectivity index (χ2v) is 18.8. The number of aromatic amines is 1. The minimum atomic E-state index is -1.33. The van der Waals surface area contributed by atoms with Crippen molar-refractivity contribution < 1.29 is 67.5 Å². The predicted octanol–water partition coefficient (Wildman–Crippen LogP) is 4.48. The molecule has 4 amide bonds. The topological polar surface area (TPSA) is 317 Å². The number of carboxylic acids is 2. The molecular formula is C51H89N7O14. The summed E-state index contributed by atoms with van der Waals surface area (Å²) in [6, 6.07) is -2.06. The minimum absolute atomic E-state index is 0.0212. The van der Waals surface area contributed by atoms with Crippen LogP contribution in [0.1, 0.15) is 168 Å². The Hall–Kier alpha value is -4.83. The van der Waals surface area contributed by atoms with Crippen molar-refractivity contribution in [3.05, 3.63) is 18.2 Å². The molecule has 0 saturated heterocycles. The lowest BCUT2D eigenvalue weighted by atomic mass is 9.88. The molecule has 0 saturated carbocycles. The molecule has 3 atom stereocenters. The van der Waals surface area contributed by atoms with Crippen molar-refractivity contribution in [2.75, 3.05) is 65.9 Å². The number of imidazole rings is 1. The highest BCUT2D eigenvalue weighted by Crippen LogP contribution is 2.19. The number of carbonyl (C=O) groups excluding carboxylic acids is 6. The van der Waals surface area contributed by atoms with E-state index in [-0.39, 0.29) is 121 Å². The summed E-state index contributed by atoms with van der Waals surface area (Å²) < 4.78 is 21.6. The van der Waals surface area contributed by atoms with E-state index in [1.807, 2.05) is 0 Å². The Bertz CT molecular complexity index is 1680. The third-order valence-corrected chi connectivity index (χ3v) is 11.9. The Balaban J connectivity index is 2.00. The molecule has 1 aromatic heterocycles. The van der Waals surface area contributed by atoms with Gasteiger partial charge in [-0.2, -0.15) is 0 Å². The smallest absolute Gasteiger partial charge is 0.326 e. The molecule has 412 valence electrons. The zero-order chi connectivity index (χ0) is 53.2. The van der Waals surface area contributed by atoms with Crippen molar-refractivity contribution in [3.8, 4) is 0 Å². The van der Waals surface area contributed by atoms with Crippen molar-refractivity contribution in [1.29, 1.82) is 0 Å². The average molecular weight is 1020 g/mol. The van der Waals surface area contributed by atoms with Crippen LogP contribution in [0.2, 0.25) is 0 Å². The molecule has 1 heterocycles. The van der Waals surface area contributed by atoms with Gasteiger partial charge in [0.05, 0.1) is 56.9 Å². The molecular weight excluding hydrogens is 935 g/mol. The highest BCUT2D eigenvalue weighted by molar-refractivity contribution is 5.95. The summed E-state index contributed by atoms with van der Waals surface area (Å²) in [5.74, 6) is -5.35. The van der Waals surface area contributed by atoms with Crippen LogP contribution < -0.4 is 27.0 Å². The molecule has 0 radical (unpaired) electrons. The summed E-state index contributed by atoms with van der Waals surface area (Å²) >= 11 is 0. The summed E-state index contributed by atoms with van der Waals surface area (Å²) in [6.45, 7) is 6.78. The van der Waals surface area contributed by atoms with Gasteiger partial charge in [-0.3, -0.25) is 33.6 Å². The number of hydrogen-bond acceptors (Lipinski definition) is 14. The van der Waals surface area contributed by atoms with E-state index < -0.39 is 47.2 Å². The summed E-state index contributed by atoms with van der Waals surface area (Å²) in [5.41, 5.74) is 5.30. The van der Waals surface area contributed by atoms with Gasteiger partial charge in [0, 0.05) is 63.7 Å². The minimum Gasteiger partial charge on any atom is -0.481 e. The van der Waals surface area contributed by atoms with Crippen LogP contribution in [0.15, 0.2) is 12.5 Å². The SMILES string of the molecule is CCCCCCCCCCCCCCCC(=O)N[C@@H](CCC(=O)NCCOCCOCC(=O)CCCOCCOCC(=O)NCCCC[C@H](CC(=O)C(C)(C)NC(=O)[C@@H](N)Cc1cnc[nH]1)C(=O)O)C(=O)O. The van der Waals surface area contributed by atoms with Gasteiger partial charge >= 0.3 is 11.9 Å².